The summed E-state index contributed by atoms with van der Waals surface area (Å²) in [6, 6.07) is 5.25. The first kappa shape index (κ1) is 13.4. The number of aromatic nitrogens is 2. The molecule has 1 aromatic heterocycles. The van der Waals surface area contributed by atoms with Crippen molar-refractivity contribution in [2.24, 2.45) is 7.05 Å². The summed E-state index contributed by atoms with van der Waals surface area (Å²) >= 11 is 0. The van der Waals surface area contributed by atoms with Crippen molar-refractivity contribution in [2.75, 3.05) is 5.32 Å². The molecule has 2 N–H and O–H groups in total. The molecule has 2 amide bonds. The topological polar surface area (TPSA) is 76.0 Å². The zero-order valence-electron chi connectivity index (χ0n) is 11.9. The molecule has 0 unspecified atom stereocenters. The van der Waals surface area contributed by atoms with E-state index in [1.807, 2.05) is 14.0 Å². The molecule has 2 heterocycles. The molecular formula is C15H16N4O2. The fourth-order valence-corrected chi connectivity index (χ4v) is 2.37. The van der Waals surface area contributed by atoms with Gasteiger partial charge in [0.05, 0.1) is 12.6 Å². The van der Waals surface area contributed by atoms with E-state index in [4.69, 9.17) is 0 Å². The molecule has 1 aliphatic rings. The molecule has 6 heteroatoms. The number of nitrogens with one attached hydrogen (secondary N) is 2. The number of hydrogen-bond donors (Lipinski definition) is 2. The van der Waals surface area contributed by atoms with Crippen LogP contribution in [0.1, 0.15) is 27.2 Å². The van der Waals surface area contributed by atoms with Gasteiger partial charge in [0.25, 0.3) is 5.91 Å². The van der Waals surface area contributed by atoms with Crippen molar-refractivity contribution in [3.05, 3.63) is 46.8 Å². The first-order chi connectivity index (χ1) is 10.0. The molecular weight excluding hydrogens is 268 g/mol. The highest BCUT2D eigenvalue weighted by molar-refractivity contribution is 6.01. The minimum atomic E-state index is -0.152. The van der Waals surface area contributed by atoms with Gasteiger partial charge in [-0.3, -0.25) is 14.3 Å². The SMILES string of the molecule is Cc1c(CNC(=O)c2ccc3c(c2)CC(=O)N3)cnn1C. The Balaban J connectivity index is 1.70. The second-order valence-electron chi connectivity index (χ2n) is 5.16. The van der Waals surface area contributed by atoms with E-state index in [1.165, 1.54) is 0 Å². The van der Waals surface area contributed by atoms with Crippen molar-refractivity contribution in [1.29, 1.82) is 0 Å². The number of rotatable bonds is 3. The van der Waals surface area contributed by atoms with Gasteiger partial charge in [0, 0.05) is 36.1 Å². The van der Waals surface area contributed by atoms with E-state index in [0.717, 1.165) is 22.5 Å². The molecule has 0 spiro atoms. The average molecular weight is 284 g/mol. The minimum Gasteiger partial charge on any atom is -0.348 e. The van der Waals surface area contributed by atoms with Crippen molar-refractivity contribution < 1.29 is 9.59 Å². The van der Waals surface area contributed by atoms with E-state index >= 15 is 0 Å². The van der Waals surface area contributed by atoms with Crippen molar-refractivity contribution in [3.8, 4) is 0 Å². The molecule has 0 bridgehead atoms. The van der Waals surface area contributed by atoms with Gasteiger partial charge in [0.1, 0.15) is 0 Å². The van der Waals surface area contributed by atoms with E-state index in [0.29, 0.717) is 18.5 Å². The van der Waals surface area contributed by atoms with Crippen LogP contribution in [0.25, 0.3) is 0 Å². The first-order valence-corrected chi connectivity index (χ1v) is 6.73. The van der Waals surface area contributed by atoms with E-state index in [9.17, 15) is 9.59 Å². The Morgan fingerprint density at radius 3 is 3.00 bits per heavy atom. The van der Waals surface area contributed by atoms with Crippen LogP contribution in [0.15, 0.2) is 24.4 Å². The Kier molecular flexibility index (Phi) is 3.21. The fourth-order valence-electron chi connectivity index (χ4n) is 2.37. The third-order valence-corrected chi connectivity index (χ3v) is 3.77. The molecule has 0 radical (unpaired) electrons. The highest BCUT2D eigenvalue weighted by atomic mass is 16.2. The zero-order valence-corrected chi connectivity index (χ0v) is 11.9. The summed E-state index contributed by atoms with van der Waals surface area (Å²) in [7, 11) is 1.87. The lowest BCUT2D eigenvalue weighted by molar-refractivity contribution is -0.115. The summed E-state index contributed by atoms with van der Waals surface area (Å²) in [4.78, 5) is 23.5. The lowest BCUT2D eigenvalue weighted by atomic mass is 10.1. The monoisotopic (exact) mass is 284 g/mol. The maximum absolute atomic E-state index is 12.2. The molecule has 21 heavy (non-hydrogen) atoms. The number of fused-ring (bicyclic) bond motifs is 1. The smallest absolute Gasteiger partial charge is 0.251 e. The maximum Gasteiger partial charge on any atom is 0.251 e. The number of hydrogen-bond acceptors (Lipinski definition) is 3. The predicted molar refractivity (Wildman–Crippen MR) is 77.9 cm³/mol. The third kappa shape index (κ3) is 2.52. The normalized spacial score (nSPS) is 13.0. The van der Waals surface area contributed by atoms with Crippen LogP contribution in [0.2, 0.25) is 0 Å². The van der Waals surface area contributed by atoms with Crippen molar-refractivity contribution in [3.63, 3.8) is 0 Å². The second-order valence-corrected chi connectivity index (χ2v) is 5.16. The molecule has 2 aromatic rings. The van der Waals surface area contributed by atoms with Crippen molar-refractivity contribution in [1.82, 2.24) is 15.1 Å². The largest absolute Gasteiger partial charge is 0.348 e. The quantitative estimate of drug-likeness (QED) is 0.888. The number of aryl methyl sites for hydroxylation is 1. The molecule has 0 atom stereocenters. The van der Waals surface area contributed by atoms with Gasteiger partial charge in [-0.05, 0) is 30.7 Å². The number of carbonyl (C=O) groups excluding carboxylic acids is 2. The number of carbonyl (C=O) groups is 2. The van der Waals surface area contributed by atoms with Gasteiger partial charge in [-0.1, -0.05) is 0 Å². The van der Waals surface area contributed by atoms with Crippen LogP contribution in [0, 0.1) is 6.92 Å². The standard InChI is InChI=1S/C15H16N4O2/c1-9-12(8-17-19(9)2)7-16-15(21)10-3-4-13-11(5-10)6-14(20)18-13/h3-5,8H,6-7H2,1-2H3,(H,16,21)(H,18,20). The Hall–Kier alpha value is -2.63. The van der Waals surface area contributed by atoms with Crippen LogP contribution < -0.4 is 10.6 Å². The number of anilines is 1. The highest BCUT2D eigenvalue weighted by Crippen LogP contribution is 2.23. The average Bonchev–Trinajstić information content (AvgIpc) is 2.98. The number of nitrogens with zero attached hydrogens (tertiary/aromatic N) is 2. The van der Waals surface area contributed by atoms with Gasteiger partial charge in [0.15, 0.2) is 0 Å². The van der Waals surface area contributed by atoms with E-state index in [1.54, 1.807) is 29.1 Å². The third-order valence-electron chi connectivity index (χ3n) is 3.77. The zero-order chi connectivity index (χ0) is 15.0. The van der Waals surface area contributed by atoms with Crippen LogP contribution in [0.3, 0.4) is 0 Å². The highest BCUT2D eigenvalue weighted by Gasteiger charge is 2.19. The first-order valence-electron chi connectivity index (χ1n) is 6.73. The van der Waals surface area contributed by atoms with Crippen LogP contribution in [0.4, 0.5) is 5.69 Å². The summed E-state index contributed by atoms with van der Waals surface area (Å²) in [6.07, 6.45) is 2.08. The molecule has 108 valence electrons. The van der Waals surface area contributed by atoms with Crippen LogP contribution in [-0.4, -0.2) is 21.6 Å². The Labute approximate surface area is 122 Å². The lowest BCUT2D eigenvalue weighted by Gasteiger charge is -2.06. The molecule has 0 fully saturated rings. The lowest BCUT2D eigenvalue weighted by Crippen LogP contribution is -2.23. The van der Waals surface area contributed by atoms with Gasteiger partial charge in [-0.2, -0.15) is 5.10 Å². The van der Waals surface area contributed by atoms with E-state index < -0.39 is 0 Å². The molecule has 3 rings (SSSR count). The van der Waals surface area contributed by atoms with Crippen LogP contribution >= 0.6 is 0 Å². The Morgan fingerprint density at radius 1 is 1.48 bits per heavy atom. The molecule has 0 saturated heterocycles. The Bertz CT molecular complexity index is 733. The van der Waals surface area contributed by atoms with Crippen molar-refractivity contribution >= 4 is 17.5 Å². The molecule has 0 saturated carbocycles. The predicted octanol–water partition coefficient (Wildman–Crippen LogP) is 1.15. The van der Waals surface area contributed by atoms with Crippen LogP contribution in [0.5, 0.6) is 0 Å². The molecule has 6 nitrogen and oxygen atoms in total. The molecule has 1 aliphatic heterocycles. The van der Waals surface area contributed by atoms with Gasteiger partial charge in [0.2, 0.25) is 5.91 Å². The molecule has 0 aliphatic carbocycles. The van der Waals surface area contributed by atoms with E-state index in [-0.39, 0.29) is 11.8 Å². The van der Waals surface area contributed by atoms with E-state index in [2.05, 4.69) is 15.7 Å². The minimum absolute atomic E-state index is 0.0338. The van der Waals surface area contributed by atoms with Crippen LogP contribution in [-0.2, 0) is 24.8 Å². The summed E-state index contributed by atoms with van der Waals surface area (Å²) in [6.45, 7) is 2.40. The second kappa shape index (κ2) is 5.05. The van der Waals surface area contributed by atoms with Crippen molar-refractivity contribution in [2.45, 2.75) is 19.9 Å². The maximum atomic E-state index is 12.2. The summed E-state index contributed by atoms with van der Waals surface area (Å²) in [5, 5.41) is 9.77. The van der Waals surface area contributed by atoms with Gasteiger partial charge >= 0.3 is 0 Å². The summed E-state index contributed by atoms with van der Waals surface area (Å²) in [5.74, 6) is -0.186. The summed E-state index contributed by atoms with van der Waals surface area (Å²) in [5.41, 5.74) is 4.24. The number of amides is 2. The number of benzene rings is 1. The molecule has 1 aromatic carbocycles. The summed E-state index contributed by atoms with van der Waals surface area (Å²) < 4.78 is 1.77. The fraction of sp³-hybridized carbons (Fsp3) is 0.267. The van der Waals surface area contributed by atoms with Gasteiger partial charge in [-0.15, -0.1) is 0 Å². The van der Waals surface area contributed by atoms with Gasteiger partial charge < -0.3 is 10.6 Å². The Morgan fingerprint density at radius 2 is 2.29 bits per heavy atom. The van der Waals surface area contributed by atoms with Gasteiger partial charge in [-0.25, -0.2) is 0 Å².